The van der Waals surface area contributed by atoms with Gasteiger partial charge in [0.1, 0.15) is 5.65 Å². The van der Waals surface area contributed by atoms with Crippen LogP contribution in [0.1, 0.15) is 19.8 Å². The molecule has 4 aromatic rings. The average Bonchev–Trinajstić information content (AvgIpc) is 3.46. The molecule has 3 atom stereocenters. The summed E-state index contributed by atoms with van der Waals surface area (Å²) in [5.74, 6) is 2.01. The third-order valence-corrected chi connectivity index (χ3v) is 6.79. The zero-order valence-electron chi connectivity index (χ0n) is 17.2. The van der Waals surface area contributed by atoms with Crippen molar-refractivity contribution >= 4 is 33.8 Å². The second kappa shape index (κ2) is 7.01. The van der Waals surface area contributed by atoms with Crippen LogP contribution in [0.25, 0.3) is 33.1 Å². The molecule has 156 valence electrons. The molecule has 1 saturated heterocycles. The smallest absolute Gasteiger partial charge is 0.224 e. The summed E-state index contributed by atoms with van der Waals surface area (Å²) < 4.78 is 0. The molecule has 6 rings (SSSR count). The summed E-state index contributed by atoms with van der Waals surface area (Å²) in [7, 11) is 0. The fourth-order valence-electron chi connectivity index (χ4n) is 5.23. The number of nitrogens with one attached hydrogen (secondary N) is 2. The number of H-pyrrole nitrogens is 1. The second-order valence-electron chi connectivity index (χ2n) is 8.72. The summed E-state index contributed by atoms with van der Waals surface area (Å²) >= 11 is 0. The van der Waals surface area contributed by atoms with E-state index in [9.17, 15) is 4.79 Å². The van der Waals surface area contributed by atoms with Crippen molar-refractivity contribution in [2.24, 2.45) is 11.8 Å². The topological polar surface area (TPSA) is 99.7 Å². The van der Waals surface area contributed by atoms with E-state index in [0.29, 0.717) is 23.8 Å². The van der Waals surface area contributed by atoms with Crippen molar-refractivity contribution < 1.29 is 4.79 Å². The van der Waals surface area contributed by atoms with Crippen molar-refractivity contribution in [3.05, 3.63) is 42.9 Å². The fraction of sp³-hybridized carbons (Fsp3) is 0.348. The van der Waals surface area contributed by atoms with Gasteiger partial charge in [-0.25, -0.2) is 4.98 Å². The maximum absolute atomic E-state index is 11.6. The van der Waals surface area contributed by atoms with Crippen LogP contribution >= 0.6 is 0 Å². The van der Waals surface area contributed by atoms with Crippen LogP contribution in [-0.2, 0) is 4.79 Å². The van der Waals surface area contributed by atoms with Crippen LogP contribution in [0.3, 0.4) is 0 Å². The number of carbonyl (C=O) groups excluding carboxylic acids is 1. The zero-order chi connectivity index (χ0) is 20.9. The number of hydrogen-bond donors (Lipinski definition) is 2. The Hall–Kier alpha value is -3.55. The normalized spacial score (nSPS) is 22.9. The Kier molecular flexibility index (Phi) is 4.12. The van der Waals surface area contributed by atoms with E-state index in [1.165, 1.54) is 0 Å². The van der Waals surface area contributed by atoms with E-state index >= 15 is 0 Å². The molecule has 1 saturated carbocycles. The maximum atomic E-state index is 11.6. The molecule has 3 aromatic heterocycles. The van der Waals surface area contributed by atoms with Crippen molar-refractivity contribution in [1.82, 2.24) is 30.0 Å². The van der Waals surface area contributed by atoms with E-state index in [4.69, 9.17) is 4.98 Å². The molecule has 0 bridgehead atoms. The monoisotopic (exact) mass is 413 g/mol. The number of aromatic amines is 1. The van der Waals surface area contributed by atoms with Crippen LogP contribution < -0.4 is 5.32 Å². The maximum Gasteiger partial charge on any atom is 0.224 e. The molecule has 4 heterocycles. The molecule has 1 aliphatic carbocycles. The Labute approximate surface area is 179 Å². The Morgan fingerprint density at radius 1 is 1.19 bits per heavy atom. The third kappa shape index (κ3) is 3.19. The van der Waals surface area contributed by atoms with Crippen molar-refractivity contribution in [3.8, 4) is 11.1 Å². The number of aromatic nitrogens is 5. The fourth-order valence-corrected chi connectivity index (χ4v) is 5.23. The van der Waals surface area contributed by atoms with Crippen LogP contribution in [0.15, 0.2) is 42.9 Å². The first-order valence-electron chi connectivity index (χ1n) is 10.7. The SMILES string of the molecule is CC(=O)N1C[C@H]2C[C@@H](Nc3ncc4c(-c5ccc6nnccc6c5)c[nH]c4n3)C[C@H]2C1. The number of nitrogens with zero attached hydrogens (tertiary/aromatic N) is 5. The van der Waals surface area contributed by atoms with Gasteiger partial charge in [-0.3, -0.25) is 4.79 Å². The van der Waals surface area contributed by atoms with Gasteiger partial charge in [0.2, 0.25) is 11.9 Å². The molecule has 0 unspecified atom stereocenters. The quantitative estimate of drug-likeness (QED) is 0.535. The zero-order valence-corrected chi connectivity index (χ0v) is 17.2. The van der Waals surface area contributed by atoms with Gasteiger partial charge in [0.05, 0.1) is 11.7 Å². The highest BCUT2D eigenvalue weighted by atomic mass is 16.2. The first-order chi connectivity index (χ1) is 15.1. The van der Waals surface area contributed by atoms with Gasteiger partial charge < -0.3 is 15.2 Å². The molecule has 2 aliphatic rings. The van der Waals surface area contributed by atoms with Gasteiger partial charge in [0, 0.05) is 54.8 Å². The van der Waals surface area contributed by atoms with Gasteiger partial charge in [-0.2, -0.15) is 15.2 Å². The van der Waals surface area contributed by atoms with Crippen molar-refractivity contribution in [3.63, 3.8) is 0 Å². The van der Waals surface area contributed by atoms with Crippen LogP contribution in [0.4, 0.5) is 5.95 Å². The highest BCUT2D eigenvalue weighted by Gasteiger charge is 2.41. The number of carbonyl (C=O) groups is 1. The van der Waals surface area contributed by atoms with E-state index in [2.05, 4.69) is 31.5 Å². The van der Waals surface area contributed by atoms with Crippen molar-refractivity contribution in [1.29, 1.82) is 0 Å². The van der Waals surface area contributed by atoms with E-state index in [1.54, 1.807) is 13.1 Å². The van der Waals surface area contributed by atoms with Gasteiger partial charge in [-0.1, -0.05) is 6.07 Å². The van der Waals surface area contributed by atoms with Gasteiger partial charge in [0.25, 0.3) is 0 Å². The number of fused-ring (bicyclic) bond motifs is 3. The number of anilines is 1. The summed E-state index contributed by atoms with van der Waals surface area (Å²) in [5, 5.41) is 13.6. The van der Waals surface area contributed by atoms with Crippen LogP contribution in [0.5, 0.6) is 0 Å². The standard InChI is InChI=1S/C23H23N7O/c1-13(31)30-11-16-7-18(8-17(16)12-30)27-23-25-10-20-19(9-24-22(20)28-23)14-2-3-21-15(6-14)4-5-26-29-21/h2-6,9-10,16-18H,7-8,11-12H2,1H3,(H2,24,25,27,28)/t16-,17+,18-. The summed E-state index contributed by atoms with van der Waals surface area (Å²) in [6.45, 7) is 3.43. The number of rotatable bonds is 3. The molecule has 1 aromatic carbocycles. The third-order valence-electron chi connectivity index (χ3n) is 6.79. The summed E-state index contributed by atoms with van der Waals surface area (Å²) in [6, 6.07) is 8.47. The van der Waals surface area contributed by atoms with E-state index < -0.39 is 0 Å². The molecule has 1 amide bonds. The Bertz CT molecular complexity index is 1290. The van der Waals surface area contributed by atoms with Gasteiger partial charge in [-0.05, 0) is 48.4 Å². The molecule has 8 heteroatoms. The molecule has 0 radical (unpaired) electrons. The Balaban J connectivity index is 1.21. The lowest BCUT2D eigenvalue weighted by Crippen LogP contribution is -2.29. The first kappa shape index (κ1) is 18.2. The Morgan fingerprint density at radius 2 is 2.03 bits per heavy atom. The molecule has 0 spiro atoms. The molecular formula is C23H23N7O. The highest BCUT2D eigenvalue weighted by Crippen LogP contribution is 2.39. The number of benzene rings is 1. The predicted octanol–water partition coefficient (Wildman–Crippen LogP) is 3.24. The lowest BCUT2D eigenvalue weighted by atomic mass is 10.0. The predicted molar refractivity (Wildman–Crippen MR) is 118 cm³/mol. The molecular weight excluding hydrogens is 390 g/mol. The van der Waals surface area contributed by atoms with Gasteiger partial charge in [-0.15, -0.1) is 0 Å². The van der Waals surface area contributed by atoms with Crippen LogP contribution in [0, 0.1) is 11.8 Å². The lowest BCUT2D eigenvalue weighted by Gasteiger charge is -2.18. The van der Waals surface area contributed by atoms with Crippen LogP contribution in [0.2, 0.25) is 0 Å². The van der Waals surface area contributed by atoms with Crippen LogP contribution in [-0.4, -0.2) is 55.1 Å². The minimum Gasteiger partial charge on any atom is -0.351 e. The van der Waals surface area contributed by atoms with Crippen molar-refractivity contribution in [2.45, 2.75) is 25.8 Å². The molecule has 1 aliphatic heterocycles. The first-order valence-corrected chi connectivity index (χ1v) is 10.7. The number of likely N-dealkylation sites (tertiary alicyclic amines) is 1. The highest BCUT2D eigenvalue weighted by molar-refractivity contribution is 5.96. The Morgan fingerprint density at radius 3 is 2.84 bits per heavy atom. The van der Waals surface area contributed by atoms with Gasteiger partial charge >= 0.3 is 0 Å². The number of amides is 1. The molecule has 2 fully saturated rings. The average molecular weight is 413 g/mol. The van der Waals surface area contributed by atoms with E-state index in [-0.39, 0.29) is 5.91 Å². The second-order valence-corrected chi connectivity index (χ2v) is 8.72. The molecule has 8 nitrogen and oxygen atoms in total. The largest absolute Gasteiger partial charge is 0.351 e. The minimum atomic E-state index is 0.189. The summed E-state index contributed by atoms with van der Waals surface area (Å²) in [5.41, 5.74) is 3.86. The summed E-state index contributed by atoms with van der Waals surface area (Å²) in [4.78, 5) is 26.2. The minimum absolute atomic E-state index is 0.189. The lowest BCUT2D eigenvalue weighted by molar-refractivity contribution is -0.128. The van der Waals surface area contributed by atoms with Gasteiger partial charge in [0.15, 0.2) is 0 Å². The van der Waals surface area contributed by atoms with Crippen molar-refractivity contribution in [2.75, 3.05) is 18.4 Å². The van der Waals surface area contributed by atoms with E-state index in [0.717, 1.165) is 59.0 Å². The number of hydrogen-bond acceptors (Lipinski definition) is 6. The van der Waals surface area contributed by atoms with E-state index in [1.807, 2.05) is 35.5 Å². The summed E-state index contributed by atoms with van der Waals surface area (Å²) in [6.07, 6.45) is 7.70. The molecule has 31 heavy (non-hydrogen) atoms. The molecule has 2 N–H and O–H groups in total.